The molecule has 2 rings (SSSR count). The fourth-order valence-electron chi connectivity index (χ4n) is 1.93. The number of hydrogen-bond donors (Lipinski definition) is 1. The Kier molecular flexibility index (Phi) is 4.96. The third-order valence-corrected chi connectivity index (χ3v) is 4.22. The Balaban J connectivity index is 2.22. The summed E-state index contributed by atoms with van der Waals surface area (Å²) in [5.74, 6) is 1.14. The molecule has 2 aromatic rings. The minimum Gasteiger partial charge on any atom is -0.367 e. The van der Waals surface area contributed by atoms with Crippen molar-refractivity contribution in [3.8, 4) is 0 Å². The zero-order chi connectivity index (χ0) is 14.7. The molecular weight excluding hydrogens is 292 g/mol. The molecule has 108 valence electrons. The van der Waals surface area contributed by atoms with E-state index in [2.05, 4.69) is 28.7 Å². The maximum Gasteiger partial charge on any atom is 0.131 e. The van der Waals surface area contributed by atoms with E-state index in [1.165, 1.54) is 4.88 Å². The van der Waals surface area contributed by atoms with Crippen LogP contribution in [0, 0.1) is 0 Å². The molecule has 20 heavy (non-hydrogen) atoms. The van der Waals surface area contributed by atoms with Crippen molar-refractivity contribution in [3.05, 3.63) is 39.1 Å². The third-order valence-electron chi connectivity index (χ3n) is 3.01. The van der Waals surface area contributed by atoms with Crippen molar-refractivity contribution in [2.75, 3.05) is 11.9 Å². The lowest BCUT2D eigenvalue weighted by Gasteiger charge is -2.21. The Morgan fingerprint density at radius 3 is 2.70 bits per heavy atom. The van der Waals surface area contributed by atoms with Gasteiger partial charge in [-0.05, 0) is 12.1 Å². The molecule has 2 heterocycles. The van der Waals surface area contributed by atoms with E-state index in [0.717, 1.165) is 28.1 Å². The van der Waals surface area contributed by atoms with E-state index in [0.29, 0.717) is 12.5 Å². The Morgan fingerprint density at radius 2 is 2.15 bits per heavy atom. The first-order valence-corrected chi connectivity index (χ1v) is 7.72. The van der Waals surface area contributed by atoms with Crippen LogP contribution in [0.15, 0.2) is 18.3 Å². The first-order chi connectivity index (χ1) is 9.51. The van der Waals surface area contributed by atoms with Gasteiger partial charge in [0, 0.05) is 24.4 Å². The number of anilines is 1. The fourth-order valence-corrected chi connectivity index (χ4v) is 3.07. The predicted octanol–water partition coefficient (Wildman–Crippen LogP) is 3.41. The molecule has 0 atom stereocenters. The molecule has 2 aromatic heterocycles. The van der Waals surface area contributed by atoms with Gasteiger partial charge in [0.05, 0.1) is 28.5 Å². The highest BCUT2D eigenvalue weighted by Crippen LogP contribution is 2.25. The van der Waals surface area contributed by atoms with E-state index in [1.807, 2.05) is 25.4 Å². The zero-order valence-corrected chi connectivity index (χ0v) is 13.5. The van der Waals surface area contributed by atoms with Gasteiger partial charge in [-0.1, -0.05) is 25.4 Å². The van der Waals surface area contributed by atoms with E-state index in [-0.39, 0.29) is 0 Å². The average molecular weight is 311 g/mol. The van der Waals surface area contributed by atoms with Gasteiger partial charge in [-0.2, -0.15) is 0 Å². The summed E-state index contributed by atoms with van der Waals surface area (Å²) in [6.07, 6.45) is 1.86. The van der Waals surface area contributed by atoms with E-state index in [4.69, 9.17) is 17.3 Å². The molecule has 0 aliphatic rings. The van der Waals surface area contributed by atoms with Crippen molar-refractivity contribution < 1.29 is 0 Å². The smallest absolute Gasteiger partial charge is 0.131 e. The van der Waals surface area contributed by atoms with Gasteiger partial charge in [0.25, 0.3) is 0 Å². The second kappa shape index (κ2) is 6.52. The van der Waals surface area contributed by atoms with Crippen molar-refractivity contribution in [1.82, 2.24) is 9.97 Å². The van der Waals surface area contributed by atoms with Gasteiger partial charge < -0.3 is 10.6 Å². The molecule has 0 aliphatic carbocycles. The summed E-state index contributed by atoms with van der Waals surface area (Å²) in [5.41, 5.74) is 7.68. The number of halogens is 1. The van der Waals surface area contributed by atoms with Crippen LogP contribution in [0.2, 0.25) is 4.34 Å². The van der Waals surface area contributed by atoms with Gasteiger partial charge in [0.1, 0.15) is 5.82 Å². The molecule has 0 aromatic carbocycles. The number of nitrogens with two attached hydrogens (primary N) is 1. The number of hydrogen-bond acceptors (Lipinski definition) is 5. The Morgan fingerprint density at radius 1 is 1.40 bits per heavy atom. The normalized spacial score (nSPS) is 11.1. The minimum absolute atomic E-state index is 0.302. The van der Waals surface area contributed by atoms with E-state index in [9.17, 15) is 0 Å². The summed E-state index contributed by atoms with van der Waals surface area (Å²) in [6, 6.07) is 3.95. The molecule has 6 heteroatoms. The van der Waals surface area contributed by atoms with Crippen LogP contribution in [0.3, 0.4) is 0 Å². The van der Waals surface area contributed by atoms with Gasteiger partial charge in [-0.3, -0.25) is 0 Å². The monoisotopic (exact) mass is 310 g/mol. The van der Waals surface area contributed by atoms with E-state index >= 15 is 0 Å². The van der Waals surface area contributed by atoms with Crippen LogP contribution >= 0.6 is 22.9 Å². The number of aromatic nitrogens is 2. The van der Waals surface area contributed by atoms with Crippen molar-refractivity contribution in [2.24, 2.45) is 5.73 Å². The highest BCUT2D eigenvalue weighted by Gasteiger charge is 2.13. The van der Waals surface area contributed by atoms with Gasteiger partial charge in [-0.25, -0.2) is 9.97 Å². The van der Waals surface area contributed by atoms with Gasteiger partial charge in [0.2, 0.25) is 0 Å². The predicted molar refractivity (Wildman–Crippen MR) is 85.4 cm³/mol. The molecule has 0 unspecified atom stereocenters. The van der Waals surface area contributed by atoms with Gasteiger partial charge >= 0.3 is 0 Å². The maximum atomic E-state index is 5.96. The molecule has 0 radical (unpaired) electrons. The van der Waals surface area contributed by atoms with Crippen molar-refractivity contribution in [1.29, 1.82) is 0 Å². The largest absolute Gasteiger partial charge is 0.367 e. The molecule has 0 saturated heterocycles. The lowest BCUT2D eigenvalue weighted by molar-refractivity contribution is 0.749. The molecule has 0 saturated carbocycles. The first kappa shape index (κ1) is 15.2. The Labute approximate surface area is 128 Å². The molecule has 0 amide bonds. The zero-order valence-electron chi connectivity index (χ0n) is 11.9. The maximum absolute atomic E-state index is 5.96. The highest BCUT2D eigenvalue weighted by atomic mass is 35.5. The standard InChI is InChI=1S/C14H19ClN4S/c1-9(2)14-17-7-12(11(6-16)18-14)19(3)8-10-4-5-13(15)20-10/h4-5,7,9H,6,8,16H2,1-3H3. The van der Waals surface area contributed by atoms with Crippen molar-refractivity contribution in [2.45, 2.75) is 32.9 Å². The molecule has 2 N–H and O–H groups in total. The second-order valence-corrected chi connectivity index (χ2v) is 6.78. The van der Waals surface area contributed by atoms with Gasteiger partial charge in [-0.15, -0.1) is 11.3 Å². The third kappa shape index (κ3) is 3.48. The van der Waals surface area contributed by atoms with Crippen molar-refractivity contribution >= 4 is 28.6 Å². The summed E-state index contributed by atoms with van der Waals surface area (Å²) in [5, 5.41) is 0. The molecule has 0 bridgehead atoms. The summed E-state index contributed by atoms with van der Waals surface area (Å²) in [7, 11) is 2.01. The van der Waals surface area contributed by atoms with Crippen LogP contribution in [0.5, 0.6) is 0 Å². The summed E-state index contributed by atoms with van der Waals surface area (Å²) < 4.78 is 0.804. The first-order valence-electron chi connectivity index (χ1n) is 6.52. The number of nitrogens with zero attached hydrogens (tertiary/aromatic N) is 3. The lowest BCUT2D eigenvalue weighted by Crippen LogP contribution is -2.20. The van der Waals surface area contributed by atoms with Crippen LogP contribution < -0.4 is 10.6 Å². The van der Waals surface area contributed by atoms with Crippen LogP contribution in [0.25, 0.3) is 0 Å². The fraction of sp³-hybridized carbons (Fsp3) is 0.429. The Hall–Kier alpha value is -1.17. The quantitative estimate of drug-likeness (QED) is 0.919. The Bertz CT molecular complexity index is 582. The van der Waals surface area contributed by atoms with E-state index in [1.54, 1.807) is 11.3 Å². The van der Waals surface area contributed by atoms with Crippen LogP contribution in [0.4, 0.5) is 5.69 Å². The molecule has 0 spiro atoms. The number of rotatable bonds is 5. The summed E-state index contributed by atoms with van der Waals surface area (Å²) in [4.78, 5) is 12.3. The van der Waals surface area contributed by atoms with Crippen LogP contribution in [-0.2, 0) is 13.1 Å². The molecule has 0 aliphatic heterocycles. The van der Waals surface area contributed by atoms with Crippen molar-refractivity contribution in [3.63, 3.8) is 0 Å². The topological polar surface area (TPSA) is 55.0 Å². The minimum atomic E-state index is 0.302. The van der Waals surface area contributed by atoms with Crippen LogP contribution in [-0.4, -0.2) is 17.0 Å². The van der Waals surface area contributed by atoms with E-state index < -0.39 is 0 Å². The molecule has 0 fully saturated rings. The SMILES string of the molecule is CC(C)c1ncc(N(C)Cc2ccc(Cl)s2)c(CN)n1. The highest BCUT2D eigenvalue weighted by molar-refractivity contribution is 7.16. The average Bonchev–Trinajstić information content (AvgIpc) is 2.83. The lowest BCUT2D eigenvalue weighted by atomic mass is 10.2. The second-order valence-electron chi connectivity index (χ2n) is 4.98. The van der Waals surface area contributed by atoms with Crippen LogP contribution in [0.1, 0.15) is 36.2 Å². The summed E-state index contributed by atoms with van der Waals surface area (Å²) >= 11 is 7.54. The number of thiophene rings is 1. The molecule has 4 nitrogen and oxygen atoms in total. The summed E-state index contributed by atoms with van der Waals surface area (Å²) in [6.45, 7) is 5.33. The molecular formula is C14H19ClN4S. The van der Waals surface area contributed by atoms with Gasteiger partial charge in [0.15, 0.2) is 0 Å².